The van der Waals surface area contributed by atoms with Crippen LogP contribution in [0, 0.1) is 5.92 Å². The van der Waals surface area contributed by atoms with E-state index in [1.165, 1.54) is 11.4 Å². The van der Waals surface area contributed by atoms with Crippen LogP contribution in [0.2, 0.25) is 0 Å². The summed E-state index contributed by atoms with van der Waals surface area (Å²) in [7, 11) is -2.01. The molecule has 6 nitrogen and oxygen atoms in total. The zero-order chi connectivity index (χ0) is 16.2. The van der Waals surface area contributed by atoms with Crippen LogP contribution in [0.3, 0.4) is 0 Å². The lowest BCUT2D eigenvalue weighted by Gasteiger charge is -2.25. The number of amides is 1. The maximum absolute atomic E-state index is 12.5. The molecule has 4 rings (SSSR count). The maximum Gasteiger partial charge on any atom is 0.247 e. The molecule has 1 N–H and O–H groups in total. The van der Waals surface area contributed by atoms with E-state index < -0.39 is 20.7 Å². The molecule has 3 aliphatic rings. The Morgan fingerprint density at radius 1 is 1.35 bits per heavy atom. The Kier molecular flexibility index (Phi) is 3.40. The zero-order valence-electron chi connectivity index (χ0n) is 12.7. The first kappa shape index (κ1) is 15.3. The molecule has 8 heteroatoms. The van der Waals surface area contributed by atoms with Crippen molar-refractivity contribution in [1.82, 2.24) is 4.31 Å². The molecule has 2 saturated heterocycles. The average Bonchev–Trinajstić information content (AvgIpc) is 3.16. The van der Waals surface area contributed by atoms with Gasteiger partial charge in [-0.05, 0) is 30.7 Å². The lowest BCUT2D eigenvalue weighted by molar-refractivity contribution is -0.116. The fraction of sp³-hybridized carbons (Fsp3) is 0.533. The molecule has 2 atom stereocenters. The Morgan fingerprint density at radius 2 is 2.04 bits per heavy atom. The molecular weight excluding hydrogens is 336 g/mol. The quantitative estimate of drug-likeness (QED) is 0.878. The van der Waals surface area contributed by atoms with Crippen molar-refractivity contribution in [2.75, 3.05) is 30.4 Å². The number of thioether (sulfide) groups is 1. The van der Waals surface area contributed by atoms with Crippen LogP contribution in [0.4, 0.5) is 5.69 Å². The van der Waals surface area contributed by atoms with Gasteiger partial charge in [0, 0.05) is 36.7 Å². The van der Waals surface area contributed by atoms with E-state index in [0.29, 0.717) is 18.7 Å². The molecule has 1 aliphatic carbocycles. The van der Waals surface area contributed by atoms with Crippen molar-refractivity contribution >= 4 is 33.4 Å². The smallest absolute Gasteiger partial charge is 0.247 e. The van der Waals surface area contributed by atoms with Crippen LogP contribution in [0.15, 0.2) is 24.3 Å². The number of carbonyl (C=O) groups excluding carboxylic acids is 1. The summed E-state index contributed by atoms with van der Waals surface area (Å²) in [6.07, 6.45) is 0.692. The highest BCUT2D eigenvalue weighted by atomic mass is 32.2. The molecule has 1 aromatic rings. The van der Waals surface area contributed by atoms with Gasteiger partial charge >= 0.3 is 0 Å². The number of nitrogens with one attached hydrogen (secondary N) is 1. The minimum atomic E-state index is -3.54. The summed E-state index contributed by atoms with van der Waals surface area (Å²) in [5.74, 6) is 2.28. The van der Waals surface area contributed by atoms with Crippen molar-refractivity contribution in [1.29, 1.82) is 0 Å². The van der Waals surface area contributed by atoms with E-state index in [2.05, 4.69) is 5.32 Å². The van der Waals surface area contributed by atoms with Gasteiger partial charge in [-0.25, -0.2) is 12.7 Å². The summed E-state index contributed by atoms with van der Waals surface area (Å²) in [5.41, 5.74) is 0.593. The highest BCUT2D eigenvalue weighted by Gasteiger charge is 2.74. The Hall–Kier alpha value is -1.25. The third-order valence-electron chi connectivity index (χ3n) is 4.80. The number of ether oxygens (including phenoxy) is 1. The minimum absolute atomic E-state index is 0.0868. The van der Waals surface area contributed by atoms with Crippen LogP contribution < -0.4 is 10.1 Å². The van der Waals surface area contributed by atoms with Gasteiger partial charge in [0.05, 0.1) is 0 Å². The van der Waals surface area contributed by atoms with Crippen LogP contribution in [0.1, 0.15) is 6.42 Å². The molecule has 0 aromatic heterocycles. The monoisotopic (exact) mass is 354 g/mol. The summed E-state index contributed by atoms with van der Waals surface area (Å²) < 4.78 is 30.5. The predicted molar refractivity (Wildman–Crippen MR) is 89.2 cm³/mol. The van der Waals surface area contributed by atoms with Crippen LogP contribution in [0.5, 0.6) is 5.75 Å². The first-order chi connectivity index (χ1) is 10.9. The fourth-order valence-corrected chi connectivity index (χ4v) is 5.93. The molecular formula is C15H18N2O4S2. The summed E-state index contributed by atoms with van der Waals surface area (Å²) >= 11 is 1.85. The van der Waals surface area contributed by atoms with E-state index >= 15 is 0 Å². The number of rotatable bonds is 4. The third-order valence-corrected chi connectivity index (χ3v) is 8.59. The standard InChI is InChI=1S/C15H18N2O4S2/c1-17-7-10-6-15(10,23(17,19)20)14(18)16-11-2-4-12(5-3-11)21-13-8-22-9-13/h2-5,10,13H,6-9H2,1H3,(H,16,18)/t10-,15-/m1/s1. The van der Waals surface area contributed by atoms with Crippen molar-refractivity contribution in [3.05, 3.63) is 24.3 Å². The highest BCUT2D eigenvalue weighted by Crippen LogP contribution is 2.57. The normalized spacial score (nSPS) is 32.0. The van der Waals surface area contributed by atoms with E-state index in [0.717, 1.165) is 17.3 Å². The predicted octanol–water partition coefficient (Wildman–Crippen LogP) is 1.15. The van der Waals surface area contributed by atoms with E-state index in [-0.39, 0.29) is 12.0 Å². The second-order valence-electron chi connectivity index (χ2n) is 6.33. The van der Waals surface area contributed by atoms with E-state index in [1.807, 2.05) is 11.8 Å². The van der Waals surface area contributed by atoms with Crippen molar-refractivity contribution < 1.29 is 17.9 Å². The largest absolute Gasteiger partial charge is 0.489 e. The molecule has 1 saturated carbocycles. The lowest BCUT2D eigenvalue weighted by atomic mass is 10.2. The zero-order valence-corrected chi connectivity index (χ0v) is 14.3. The van der Waals surface area contributed by atoms with Crippen LogP contribution >= 0.6 is 11.8 Å². The second kappa shape index (κ2) is 5.12. The summed E-state index contributed by atoms with van der Waals surface area (Å²) in [6, 6.07) is 7.10. The van der Waals surface area contributed by atoms with Crippen LogP contribution in [0.25, 0.3) is 0 Å². The Morgan fingerprint density at radius 3 is 2.57 bits per heavy atom. The minimum Gasteiger partial charge on any atom is -0.489 e. The molecule has 1 amide bonds. The number of carbonyl (C=O) groups is 1. The number of benzene rings is 1. The van der Waals surface area contributed by atoms with Gasteiger partial charge in [-0.3, -0.25) is 4.79 Å². The second-order valence-corrected chi connectivity index (χ2v) is 9.71. The molecule has 0 bridgehead atoms. The molecule has 2 aliphatic heterocycles. The SMILES string of the molecule is CN1C[C@H]2C[C@@]2(C(=O)Nc2ccc(OC3CSC3)cc2)S1(=O)=O. The third kappa shape index (κ3) is 2.27. The Labute approximate surface area is 139 Å². The number of nitrogens with zero attached hydrogens (tertiary/aromatic N) is 1. The number of anilines is 1. The molecule has 0 radical (unpaired) electrons. The van der Waals surface area contributed by atoms with Gasteiger partial charge in [0.2, 0.25) is 15.9 Å². The molecule has 1 aromatic carbocycles. The van der Waals surface area contributed by atoms with Crippen LogP contribution in [-0.2, 0) is 14.8 Å². The number of hydrogen-bond donors (Lipinski definition) is 1. The van der Waals surface area contributed by atoms with Crippen LogP contribution in [-0.4, -0.2) is 54.6 Å². The van der Waals surface area contributed by atoms with Crippen molar-refractivity contribution in [3.63, 3.8) is 0 Å². The number of hydrogen-bond acceptors (Lipinski definition) is 5. The van der Waals surface area contributed by atoms with Gasteiger partial charge in [0.25, 0.3) is 0 Å². The van der Waals surface area contributed by atoms with E-state index in [9.17, 15) is 13.2 Å². The summed E-state index contributed by atoms with van der Waals surface area (Å²) in [5, 5.41) is 2.75. The van der Waals surface area contributed by atoms with Crippen molar-refractivity contribution in [3.8, 4) is 5.75 Å². The van der Waals surface area contributed by atoms with Gasteiger partial charge in [-0.2, -0.15) is 11.8 Å². The highest BCUT2D eigenvalue weighted by molar-refractivity contribution is 8.00. The summed E-state index contributed by atoms with van der Waals surface area (Å²) in [4.78, 5) is 12.5. The Bertz CT molecular complexity index is 745. The fourth-order valence-electron chi connectivity index (χ4n) is 3.25. The molecule has 2 heterocycles. The van der Waals surface area contributed by atoms with Gasteiger partial charge in [-0.1, -0.05) is 0 Å². The molecule has 23 heavy (non-hydrogen) atoms. The average molecular weight is 354 g/mol. The van der Waals surface area contributed by atoms with E-state index in [1.54, 1.807) is 24.3 Å². The lowest BCUT2D eigenvalue weighted by Crippen LogP contribution is -2.40. The molecule has 0 spiro atoms. The van der Waals surface area contributed by atoms with Crippen molar-refractivity contribution in [2.45, 2.75) is 17.3 Å². The number of sulfonamides is 1. The van der Waals surface area contributed by atoms with Gasteiger partial charge in [-0.15, -0.1) is 0 Å². The van der Waals surface area contributed by atoms with Gasteiger partial charge < -0.3 is 10.1 Å². The van der Waals surface area contributed by atoms with Gasteiger partial charge in [0.1, 0.15) is 11.9 Å². The van der Waals surface area contributed by atoms with Gasteiger partial charge in [0.15, 0.2) is 4.75 Å². The maximum atomic E-state index is 12.5. The van der Waals surface area contributed by atoms with Crippen molar-refractivity contribution in [2.24, 2.45) is 5.92 Å². The number of fused-ring (bicyclic) bond motifs is 1. The topological polar surface area (TPSA) is 75.7 Å². The summed E-state index contributed by atoms with van der Waals surface area (Å²) in [6.45, 7) is 0.432. The Balaban J connectivity index is 1.45. The molecule has 0 unspecified atom stereocenters. The first-order valence-corrected chi connectivity index (χ1v) is 10.1. The van der Waals surface area contributed by atoms with E-state index in [4.69, 9.17) is 4.74 Å². The first-order valence-electron chi connectivity index (χ1n) is 7.55. The molecule has 124 valence electrons. The molecule has 3 fully saturated rings.